The minimum atomic E-state index is 0.894. The van der Waals surface area contributed by atoms with Crippen molar-refractivity contribution in [2.45, 2.75) is 22.0 Å². The summed E-state index contributed by atoms with van der Waals surface area (Å²) in [4.78, 5) is 1.14. The third-order valence-electron chi connectivity index (χ3n) is 3.40. The molecule has 2 aromatic carbocycles. The quantitative estimate of drug-likeness (QED) is 0.403. The average molecular weight is 326 g/mol. The van der Waals surface area contributed by atoms with Gasteiger partial charge in [-0.15, -0.1) is 0 Å². The number of rotatable bonds is 4. The van der Waals surface area contributed by atoms with E-state index in [-0.39, 0.29) is 0 Å². The van der Waals surface area contributed by atoms with Crippen LogP contribution in [0, 0.1) is 0 Å². The summed E-state index contributed by atoms with van der Waals surface area (Å²) in [5.74, 6) is 0.980. The fraction of sp³-hybridized carbons (Fsp3) is 0.111. The van der Waals surface area contributed by atoms with Gasteiger partial charge in [0.25, 0.3) is 0 Å². The lowest BCUT2D eigenvalue weighted by Gasteiger charge is -1.98. The van der Waals surface area contributed by atoms with Gasteiger partial charge in [-0.25, -0.2) is 0 Å². The van der Waals surface area contributed by atoms with Gasteiger partial charge in [-0.05, 0) is 41.8 Å². The summed E-state index contributed by atoms with van der Waals surface area (Å²) >= 11 is 3.36. The average Bonchev–Trinajstić information content (AvgIpc) is 3.09. The lowest BCUT2D eigenvalue weighted by atomic mass is 10.3. The lowest BCUT2D eigenvalue weighted by Crippen LogP contribution is -1.73. The van der Waals surface area contributed by atoms with Crippen molar-refractivity contribution >= 4 is 45.5 Å². The standard InChI is InChI=1S/C18H14O2S2/c1-2-21-18-17(13-8-4-6-10-15(13)20-18)22-16-11-12-7-3-5-9-14(12)19-16/h3-11H,2H2,1H3. The van der Waals surface area contributed by atoms with Crippen molar-refractivity contribution in [1.82, 2.24) is 0 Å². The molecule has 0 bridgehead atoms. The number of hydrogen-bond acceptors (Lipinski definition) is 4. The van der Waals surface area contributed by atoms with E-state index in [1.807, 2.05) is 36.4 Å². The maximum absolute atomic E-state index is 5.99. The number of furan rings is 2. The second-order valence-corrected chi connectivity index (χ2v) is 7.10. The van der Waals surface area contributed by atoms with E-state index in [1.165, 1.54) is 0 Å². The number of benzene rings is 2. The monoisotopic (exact) mass is 326 g/mol. The topological polar surface area (TPSA) is 26.3 Å². The lowest BCUT2D eigenvalue weighted by molar-refractivity contribution is 0.496. The van der Waals surface area contributed by atoms with Gasteiger partial charge in [0.1, 0.15) is 11.2 Å². The molecule has 0 aliphatic carbocycles. The highest BCUT2D eigenvalue weighted by atomic mass is 32.2. The summed E-state index contributed by atoms with van der Waals surface area (Å²) < 4.78 is 11.9. The van der Waals surface area contributed by atoms with Crippen LogP contribution in [0.3, 0.4) is 0 Å². The first-order valence-electron chi connectivity index (χ1n) is 7.16. The highest BCUT2D eigenvalue weighted by molar-refractivity contribution is 8.02. The van der Waals surface area contributed by atoms with Gasteiger partial charge in [0.15, 0.2) is 10.2 Å². The summed E-state index contributed by atoms with van der Waals surface area (Å²) in [6.07, 6.45) is 0. The van der Waals surface area contributed by atoms with Gasteiger partial charge in [-0.2, -0.15) is 0 Å². The van der Waals surface area contributed by atoms with E-state index in [4.69, 9.17) is 8.83 Å². The molecule has 110 valence electrons. The van der Waals surface area contributed by atoms with Crippen LogP contribution in [0.1, 0.15) is 6.92 Å². The zero-order chi connectivity index (χ0) is 14.9. The van der Waals surface area contributed by atoms with E-state index in [1.54, 1.807) is 23.5 Å². The van der Waals surface area contributed by atoms with Crippen molar-refractivity contribution < 1.29 is 8.83 Å². The van der Waals surface area contributed by atoms with Crippen LogP contribution in [0.25, 0.3) is 21.9 Å². The molecule has 0 spiro atoms. The molecule has 2 aromatic heterocycles. The predicted molar refractivity (Wildman–Crippen MR) is 92.9 cm³/mol. The number of fused-ring (bicyclic) bond motifs is 2. The Labute approximate surface area is 136 Å². The molecule has 0 saturated carbocycles. The van der Waals surface area contributed by atoms with E-state index >= 15 is 0 Å². The van der Waals surface area contributed by atoms with Crippen molar-refractivity contribution in [1.29, 1.82) is 0 Å². The largest absolute Gasteiger partial charge is 0.450 e. The van der Waals surface area contributed by atoms with Gasteiger partial charge in [0.2, 0.25) is 0 Å². The minimum Gasteiger partial charge on any atom is -0.450 e. The molecular weight excluding hydrogens is 312 g/mol. The molecular formula is C18H14O2S2. The summed E-state index contributed by atoms with van der Waals surface area (Å²) in [5.41, 5.74) is 1.85. The van der Waals surface area contributed by atoms with E-state index in [2.05, 4.69) is 25.1 Å². The molecule has 0 fully saturated rings. The first-order chi connectivity index (χ1) is 10.8. The molecule has 0 atom stereocenters. The van der Waals surface area contributed by atoms with Crippen LogP contribution in [0.4, 0.5) is 0 Å². The van der Waals surface area contributed by atoms with Crippen LogP contribution >= 0.6 is 23.5 Å². The van der Waals surface area contributed by atoms with Crippen molar-refractivity contribution in [2.75, 3.05) is 5.75 Å². The Kier molecular flexibility index (Phi) is 3.64. The first-order valence-corrected chi connectivity index (χ1v) is 8.96. The van der Waals surface area contributed by atoms with E-state index < -0.39 is 0 Å². The summed E-state index contributed by atoms with van der Waals surface area (Å²) in [6.45, 7) is 2.13. The molecule has 0 unspecified atom stereocenters. The molecule has 0 radical (unpaired) electrons. The van der Waals surface area contributed by atoms with Crippen molar-refractivity contribution in [2.24, 2.45) is 0 Å². The van der Waals surface area contributed by atoms with Gasteiger partial charge >= 0.3 is 0 Å². The van der Waals surface area contributed by atoms with Crippen LogP contribution in [0.15, 0.2) is 78.5 Å². The zero-order valence-electron chi connectivity index (χ0n) is 12.0. The Morgan fingerprint density at radius 2 is 1.68 bits per heavy atom. The van der Waals surface area contributed by atoms with E-state index in [0.717, 1.165) is 42.8 Å². The minimum absolute atomic E-state index is 0.894. The zero-order valence-corrected chi connectivity index (χ0v) is 13.7. The smallest absolute Gasteiger partial charge is 0.175 e. The van der Waals surface area contributed by atoms with Crippen molar-refractivity contribution in [3.63, 3.8) is 0 Å². The molecule has 4 rings (SSSR count). The van der Waals surface area contributed by atoms with Gasteiger partial charge in [0, 0.05) is 10.8 Å². The second-order valence-electron chi connectivity index (χ2n) is 4.85. The molecule has 2 nitrogen and oxygen atoms in total. The predicted octanol–water partition coefficient (Wildman–Crippen LogP) is 6.44. The third kappa shape index (κ3) is 2.42. The Hall–Kier alpha value is -1.78. The Balaban J connectivity index is 1.80. The van der Waals surface area contributed by atoms with Crippen LogP contribution < -0.4 is 0 Å². The Morgan fingerprint density at radius 1 is 0.909 bits per heavy atom. The molecule has 0 aliphatic rings. The fourth-order valence-corrected chi connectivity index (χ4v) is 4.31. The van der Waals surface area contributed by atoms with Gasteiger partial charge in [0.05, 0.1) is 4.90 Å². The first kappa shape index (κ1) is 13.9. The van der Waals surface area contributed by atoms with Crippen LogP contribution in [-0.2, 0) is 0 Å². The molecule has 0 N–H and O–H groups in total. The van der Waals surface area contributed by atoms with Crippen LogP contribution in [0.5, 0.6) is 0 Å². The SMILES string of the molecule is CCSc1oc2ccccc2c1Sc1cc2ccccc2o1. The van der Waals surface area contributed by atoms with E-state index in [9.17, 15) is 0 Å². The third-order valence-corrected chi connectivity index (χ3v) is 5.38. The highest BCUT2D eigenvalue weighted by Gasteiger charge is 2.17. The maximum Gasteiger partial charge on any atom is 0.175 e. The van der Waals surface area contributed by atoms with Gasteiger partial charge in [-0.3, -0.25) is 0 Å². The molecule has 4 heteroatoms. The molecule has 0 amide bonds. The number of thioether (sulfide) groups is 1. The molecule has 0 saturated heterocycles. The summed E-state index contributed by atoms with van der Waals surface area (Å²) in [7, 11) is 0. The van der Waals surface area contributed by atoms with Crippen LogP contribution in [0.2, 0.25) is 0 Å². The Morgan fingerprint density at radius 3 is 2.50 bits per heavy atom. The van der Waals surface area contributed by atoms with Gasteiger partial charge < -0.3 is 8.83 Å². The molecule has 22 heavy (non-hydrogen) atoms. The van der Waals surface area contributed by atoms with E-state index in [0.29, 0.717) is 0 Å². The number of hydrogen-bond donors (Lipinski definition) is 0. The summed E-state index contributed by atoms with van der Waals surface area (Å²) in [6, 6.07) is 18.3. The van der Waals surface area contributed by atoms with Crippen molar-refractivity contribution in [3.8, 4) is 0 Å². The van der Waals surface area contributed by atoms with Crippen molar-refractivity contribution in [3.05, 3.63) is 54.6 Å². The normalized spacial score (nSPS) is 11.5. The highest BCUT2D eigenvalue weighted by Crippen LogP contribution is 2.43. The molecule has 4 aromatic rings. The number of para-hydroxylation sites is 2. The summed E-state index contributed by atoms with van der Waals surface area (Å²) in [5, 5.41) is 4.13. The second kappa shape index (κ2) is 5.78. The maximum atomic E-state index is 5.99. The molecule has 0 aliphatic heterocycles. The van der Waals surface area contributed by atoms with Crippen LogP contribution in [-0.4, -0.2) is 5.75 Å². The van der Waals surface area contributed by atoms with Gasteiger partial charge in [-0.1, -0.05) is 49.0 Å². The molecule has 2 heterocycles. The Bertz CT molecular complexity index is 903. The fourth-order valence-electron chi connectivity index (χ4n) is 2.43.